The molecule has 0 bridgehead atoms. The molecule has 0 saturated carbocycles. The van der Waals surface area contributed by atoms with Crippen molar-refractivity contribution in [2.45, 2.75) is 6.42 Å². The Kier molecular flexibility index (Phi) is 4.99. The summed E-state index contributed by atoms with van der Waals surface area (Å²) in [6, 6.07) is 2.99. The Bertz CT molecular complexity index is 489. The number of H-pyrrole nitrogens is 1. The van der Waals surface area contributed by atoms with Crippen LogP contribution in [0.4, 0.5) is 0 Å². The highest BCUT2D eigenvalue weighted by Crippen LogP contribution is 2.08. The standard InChI is InChI=1S/C13H18ClN3O2/c14-3-7-16-5-1-6-17(9-8-16)13(19)11-2-4-15-12(18)10-11/h2,4,10H,1,3,5-9H2,(H,15,18). The molecule has 1 N–H and O–H groups in total. The van der Waals surface area contributed by atoms with E-state index in [0.717, 1.165) is 32.6 Å². The van der Waals surface area contributed by atoms with Gasteiger partial charge in [0.1, 0.15) is 0 Å². The Morgan fingerprint density at radius 2 is 2.16 bits per heavy atom. The molecule has 5 nitrogen and oxygen atoms in total. The van der Waals surface area contributed by atoms with Gasteiger partial charge >= 0.3 is 0 Å². The highest BCUT2D eigenvalue weighted by atomic mass is 35.5. The maximum atomic E-state index is 12.3. The summed E-state index contributed by atoms with van der Waals surface area (Å²) in [5, 5.41) is 0. The zero-order valence-electron chi connectivity index (χ0n) is 10.8. The van der Waals surface area contributed by atoms with Crippen molar-refractivity contribution in [3.05, 3.63) is 34.2 Å². The lowest BCUT2D eigenvalue weighted by atomic mass is 10.2. The van der Waals surface area contributed by atoms with Crippen molar-refractivity contribution in [2.24, 2.45) is 0 Å². The van der Waals surface area contributed by atoms with Gasteiger partial charge in [0.2, 0.25) is 5.56 Å². The first-order valence-electron chi connectivity index (χ1n) is 6.47. The third kappa shape index (κ3) is 3.81. The third-order valence-corrected chi connectivity index (χ3v) is 3.47. The van der Waals surface area contributed by atoms with Gasteiger partial charge in [-0.1, -0.05) is 0 Å². The number of aromatic nitrogens is 1. The summed E-state index contributed by atoms with van der Waals surface area (Å²) in [6.45, 7) is 4.06. The fourth-order valence-electron chi connectivity index (χ4n) is 2.28. The number of nitrogens with one attached hydrogen (secondary N) is 1. The maximum absolute atomic E-state index is 12.3. The molecule has 0 radical (unpaired) electrons. The molecule has 1 saturated heterocycles. The molecule has 0 aliphatic carbocycles. The topological polar surface area (TPSA) is 56.4 Å². The van der Waals surface area contributed by atoms with E-state index in [0.29, 0.717) is 18.0 Å². The fourth-order valence-corrected chi connectivity index (χ4v) is 2.52. The van der Waals surface area contributed by atoms with E-state index in [1.807, 2.05) is 4.90 Å². The van der Waals surface area contributed by atoms with E-state index >= 15 is 0 Å². The van der Waals surface area contributed by atoms with E-state index in [4.69, 9.17) is 11.6 Å². The van der Waals surface area contributed by atoms with Gasteiger partial charge in [0, 0.05) is 49.9 Å². The largest absolute Gasteiger partial charge is 0.337 e. The van der Waals surface area contributed by atoms with Gasteiger partial charge in [0.25, 0.3) is 5.91 Å². The second-order valence-electron chi connectivity index (χ2n) is 4.62. The van der Waals surface area contributed by atoms with Crippen LogP contribution in [-0.4, -0.2) is 59.3 Å². The van der Waals surface area contributed by atoms with Crippen molar-refractivity contribution in [3.8, 4) is 0 Å². The summed E-state index contributed by atoms with van der Waals surface area (Å²) in [5.41, 5.74) is 0.207. The minimum atomic E-state index is -0.246. The maximum Gasteiger partial charge on any atom is 0.254 e. The molecular formula is C13H18ClN3O2. The zero-order chi connectivity index (χ0) is 13.7. The first-order valence-corrected chi connectivity index (χ1v) is 7.00. The lowest BCUT2D eigenvalue weighted by Gasteiger charge is -2.21. The summed E-state index contributed by atoms with van der Waals surface area (Å²) in [7, 11) is 0. The summed E-state index contributed by atoms with van der Waals surface area (Å²) in [5.74, 6) is 0.543. The van der Waals surface area contributed by atoms with Crippen LogP contribution in [0.2, 0.25) is 0 Å². The molecule has 1 aromatic heterocycles. The molecule has 1 amide bonds. The number of aromatic amines is 1. The molecule has 6 heteroatoms. The number of rotatable bonds is 3. The molecule has 1 aromatic rings. The molecule has 19 heavy (non-hydrogen) atoms. The number of alkyl halides is 1. The zero-order valence-corrected chi connectivity index (χ0v) is 11.5. The van der Waals surface area contributed by atoms with Crippen LogP contribution < -0.4 is 5.56 Å². The Labute approximate surface area is 117 Å². The quantitative estimate of drug-likeness (QED) is 0.834. The van der Waals surface area contributed by atoms with E-state index in [2.05, 4.69) is 9.88 Å². The van der Waals surface area contributed by atoms with Crippen LogP contribution in [0.3, 0.4) is 0 Å². The number of carbonyl (C=O) groups is 1. The third-order valence-electron chi connectivity index (χ3n) is 3.30. The molecule has 1 aliphatic heterocycles. The molecular weight excluding hydrogens is 266 g/mol. The second kappa shape index (κ2) is 6.73. The molecule has 0 unspecified atom stereocenters. The first kappa shape index (κ1) is 14.1. The fraction of sp³-hybridized carbons (Fsp3) is 0.538. The van der Waals surface area contributed by atoms with Gasteiger partial charge in [-0.05, 0) is 19.0 Å². The molecule has 104 valence electrons. The predicted molar refractivity (Wildman–Crippen MR) is 74.7 cm³/mol. The normalized spacial score (nSPS) is 17.2. The monoisotopic (exact) mass is 283 g/mol. The van der Waals surface area contributed by atoms with Crippen molar-refractivity contribution in [2.75, 3.05) is 38.6 Å². The van der Waals surface area contributed by atoms with Crippen molar-refractivity contribution >= 4 is 17.5 Å². The number of nitrogens with zero attached hydrogens (tertiary/aromatic N) is 2. The summed E-state index contributed by atoms with van der Waals surface area (Å²) in [4.78, 5) is 30.1. The molecule has 0 aromatic carbocycles. The van der Waals surface area contributed by atoms with Crippen molar-refractivity contribution in [1.29, 1.82) is 0 Å². The molecule has 1 aliphatic rings. The second-order valence-corrected chi connectivity index (χ2v) is 5.00. The van der Waals surface area contributed by atoms with Crippen LogP contribution in [0.5, 0.6) is 0 Å². The van der Waals surface area contributed by atoms with Gasteiger partial charge in [-0.15, -0.1) is 11.6 Å². The van der Waals surface area contributed by atoms with Gasteiger partial charge in [-0.3, -0.25) is 9.59 Å². The van der Waals surface area contributed by atoms with Gasteiger partial charge in [-0.2, -0.15) is 0 Å². The number of halogens is 1. The van der Waals surface area contributed by atoms with E-state index < -0.39 is 0 Å². The van der Waals surface area contributed by atoms with Crippen LogP contribution in [0.15, 0.2) is 23.1 Å². The van der Waals surface area contributed by atoms with Crippen LogP contribution in [0.25, 0.3) is 0 Å². The summed E-state index contributed by atoms with van der Waals surface area (Å²) < 4.78 is 0. The predicted octanol–water partition coefficient (Wildman–Crippen LogP) is 0.762. The van der Waals surface area contributed by atoms with Gasteiger partial charge < -0.3 is 14.8 Å². The van der Waals surface area contributed by atoms with E-state index in [1.54, 1.807) is 6.07 Å². The van der Waals surface area contributed by atoms with Gasteiger partial charge in [0.05, 0.1) is 0 Å². The van der Waals surface area contributed by atoms with Gasteiger partial charge in [0.15, 0.2) is 0 Å². The van der Waals surface area contributed by atoms with Crippen molar-refractivity contribution in [3.63, 3.8) is 0 Å². The van der Waals surface area contributed by atoms with Crippen LogP contribution in [0.1, 0.15) is 16.8 Å². The number of hydrogen-bond donors (Lipinski definition) is 1. The molecule has 2 rings (SSSR count). The van der Waals surface area contributed by atoms with E-state index in [1.165, 1.54) is 12.3 Å². The van der Waals surface area contributed by atoms with Crippen molar-refractivity contribution < 1.29 is 4.79 Å². The Morgan fingerprint density at radius 1 is 1.32 bits per heavy atom. The molecule has 1 fully saturated rings. The minimum absolute atomic E-state index is 0.0705. The van der Waals surface area contributed by atoms with E-state index in [9.17, 15) is 9.59 Å². The van der Waals surface area contributed by atoms with Gasteiger partial charge in [-0.25, -0.2) is 0 Å². The SMILES string of the molecule is O=C(c1cc[nH]c(=O)c1)N1CCCN(CCCl)CC1. The van der Waals surface area contributed by atoms with Crippen LogP contribution in [0, 0.1) is 0 Å². The summed E-state index contributed by atoms with van der Waals surface area (Å²) >= 11 is 5.74. The van der Waals surface area contributed by atoms with Crippen LogP contribution in [-0.2, 0) is 0 Å². The minimum Gasteiger partial charge on any atom is -0.337 e. The molecule has 0 spiro atoms. The molecule has 0 atom stereocenters. The number of amides is 1. The van der Waals surface area contributed by atoms with E-state index in [-0.39, 0.29) is 11.5 Å². The average molecular weight is 284 g/mol. The lowest BCUT2D eigenvalue weighted by molar-refractivity contribution is 0.0761. The number of pyridine rings is 1. The number of hydrogen-bond acceptors (Lipinski definition) is 3. The molecule has 2 heterocycles. The Balaban J connectivity index is 2.02. The summed E-state index contributed by atoms with van der Waals surface area (Å²) in [6.07, 6.45) is 2.44. The van der Waals surface area contributed by atoms with Crippen molar-refractivity contribution in [1.82, 2.24) is 14.8 Å². The lowest BCUT2D eigenvalue weighted by Crippen LogP contribution is -2.36. The average Bonchev–Trinajstić information content (AvgIpc) is 2.64. The Hall–Kier alpha value is -1.33. The smallest absolute Gasteiger partial charge is 0.254 e. The van der Waals surface area contributed by atoms with Crippen LogP contribution >= 0.6 is 11.6 Å². The highest BCUT2D eigenvalue weighted by molar-refractivity contribution is 6.18. The Morgan fingerprint density at radius 3 is 2.89 bits per heavy atom. The number of carbonyl (C=O) groups excluding carboxylic acids is 1. The highest BCUT2D eigenvalue weighted by Gasteiger charge is 2.20. The first-order chi connectivity index (χ1) is 9.20.